The summed E-state index contributed by atoms with van der Waals surface area (Å²) in [5.74, 6) is -0.120. The molecule has 1 aliphatic heterocycles. The van der Waals surface area contributed by atoms with Gasteiger partial charge in [0, 0.05) is 38.6 Å². The minimum absolute atomic E-state index is 0.0509. The van der Waals surface area contributed by atoms with Crippen molar-refractivity contribution in [1.29, 1.82) is 0 Å². The number of amides is 3. The number of carbonyl (C=O) groups excluding carboxylic acids is 3. The van der Waals surface area contributed by atoms with Crippen LogP contribution in [-0.2, 0) is 16.1 Å². The summed E-state index contributed by atoms with van der Waals surface area (Å²) in [7, 11) is 3.29. The fraction of sp³-hybridized carbons (Fsp3) is 0.391. The zero-order valence-corrected chi connectivity index (χ0v) is 18.9. The number of hydrogen-bond acceptors (Lipinski definition) is 6. The lowest BCUT2D eigenvalue weighted by Crippen LogP contribution is -2.50. The molecular formula is C23H28N4O5. The van der Waals surface area contributed by atoms with Crippen molar-refractivity contribution in [2.24, 2.45) is 0 Å². The molecule has 1 N–H and O–H groups in total. The Bertz CT molecular complexity index is 1000. The maximum atomic E-state index is 12.9. The van der Waals surface area contributed by atoms with E-state index < -0.39 is 17.7 Å². The van der Waals surface area contributed by atoms with Gasteiger partial charge in [0.05, 0.1) is 5.69 Å². The van der Waals surface area contributed by atoms with Crippen molar-refractivity contribution in [2.75, 3.05) is 25.6 Å². The summed E-state index contributed by atoms with van der Waals surface area (Å²) in [6.45, 7) is 5.59. The van der Waals surface area contributed by atoms with E-state index in [0.29, 0.717) is 23.5 Å². The van der Waals surface area contributed by atoms with Crippen molar-refractivity contribution >= 4 is 23.6 Å². The summed E-state index contributed by atoms with van der Waals surface area (Å²) in [5, 5.41) is 2.56. The van der Waals surface area contributed by atoms with Crippen LogP contribution in [0.25, 0.3) is 0 Å². The molecule has 170 valence electrons. The van der Waals surface area contributed by atoms with Crippen LogP contribution in [-0.4, -0.2) is 60.1 Å². The zero-order chi connectivity index (χ0) is 23.5. The normalized spacial score (nSPS) is 15.8. The van der Waals surface area contributed by atoms with Crippen LogP contribution >= 0.6 is 0 Å². The highest BCUT2D eigenvalue weighted by Crippen LogP contribution is 2.32. The Morgan fingerprint density at radius 2 is 1.94 bits per heavy atom. The number of fused-ring (bicyclic) bond motifs is 1. The first-order valence-electron chi connectivity index (χ1n) is 10.2. The number of nitrogens with one attached hydrogen (secondary N) is 1. The predicted molar refractivity (Wildman–Crippen MR) is 119 cm³/mol. The molecule has 0 spiro atoms. The van der Waals surface area contributed by atoms with Crippen LogP contribution in [0.5, 0.6) is 5.75 Å². The molecule has 0 bridgehead atoms. The molecule has 9 nitrogen and oxygen atoms in total. The van der Waals surface area contributed by atoms with Crippen molar-refractivity contribution in [3.05, 3.63) is 53.9 Å². The highest BCUT2D eigenvalue weighted by Gasteiger charge is 2.32. The summed E-state index contributed by atoms with van der Waals surface area (Å²) >= 11 is 0. The van der Waals surface area contributed by atoms with Crippen molar-refractivity contribution in [1.82, 2.24) is 15.2 Å². The van der Waals surface area contributed by atoms with Gasteiger partial charge in [-0.15, -0.1) is 0 Å². The van der Waals surface area contributed by atoms with E-state index in [1.165, 1.54) is 4.90 Å². The molecule has 1 aliphatic rings. The van der Waals surface area contributed by atoms with Crippen LogP contribution < -0.4 is 15.0 Å². The average Bonchev–Trinajstić information content (AvgIpc) is 2.84. The molecule has 3 amide bonds. The van der Waals surface area contributed by atoms with E-state index in [1.807, 2.05) is 12.1 Å². The number of nitrogens with zero attached hydrogens (tertiary/aromatic N) is 3. The van der Waals surface area contributed by atoms with Crippen molar-refractivity contribution in [3.8, 4) is 5.75 Å². The number of anilines is 1. The second-order valence-corrected chi connectivity index (χ2v) is 8.61. The third-order valence-electron chi connectivity index (χ3n) is 4.81. The van der Waals surface area contributed by atoms with Crippen molar-refractivity contribution < 1.29 is 23.9 Å². The minimum atomic E-state index is -0.921. The van der Waals surface area contributed by atoms with Crippen molar-refractivity contribution in [3.63, 3.8) is 0 Å². The monoisotopic (exact) mass is 440 g/mol. The van der Waals surface area contributed by atoms with E-state index in [1.54, 1.807) is 70.4 Å². The SMILES string of the molecule is CN(Cc1ccncc1)C(=O)c1ccc2c(c1)N(C)C(=O)[C@@H](NC(=O)OC(C)(C)C)CO2. The lowest BCUT2D eigenvalue weighted by atomic mass is 10.1. The van der Waals surface area contributed by atoms with Crippen LogP contribution in [0.2, 0.25) is 0 Å². The lowest BCUT2D eigenvalue weighted by Gasteiger charge is -2.24. The molecule has 0 aliphatic carbocycles. The first kappa shape index (κ1) is 23.1. The van der Waals surface area contributed by atoms with Gasteiger partial charge in [-0.3, -0.25) is 14.6 Å². The molecule has 1 aromatic carbocycles. The highest BCUT2D eigenvalue weighted by atomic mass is 16.6. The van der Waals surface area contributed by atoms with Gasteiger partial charge in [0.2, 0.25) is 0 Å². The molecule has 9 heteroatoms. The van der Waals surface area contributed by atoms with Crippen LogP contribution in [0.3, 0.4) is 0 Å². The van der Waals surface area contributed by atoms with Crippen LogP contribution in [0, 0.1) is 0 Å². The molecule has 0 saturated heterocycles. The molecule has 0 unspecified atom stereocenters. The molecule has 1 atom stereocenters. The van der Waals surface area contributed by atoms with Gasteiger partial charge in [0.25, 0.3) is 11.8 Å². The van der Waals surface area contributed by atoms with Crippen molar-refractivity contribution in [2.45, 2.75) is 39.0 Å². The third-order valence-corrected chi connectivity index (χ3v) is 4.81. The van der Waals surface area contributed by atoms with Crippen LogP contribution in [0.1, 0.15) is 36.7 Å². The fourth-order valence-electron chi connectivity index (χ4n) is 3.24. The Balaban J connectivity index is 1.75. The Hall–Kier alpha value is -3.62. The second-order valence-electron chi connectivity index (χ2n) is 8.61. The van der Waals surface area contributed by atoms with E-state index in [2.05, 4.69) is 10.3 Å². The predicted octanol–water partition coefficient (Wildman–Crippen LogP) is 2.60. The van der Waals surface area contributed by atoms with Gasteiger partial charge in [-0.1, -0.05) is 0 Å². The number of alkyl carbamates (subject to hydrolysis) is 1. The highest BCUT2D eigenvalue weighted by molar-refractivity contribution is 6.02. The average molecular weight is 441 g/mol. The van der Waals surface area contributed by atoms with E-state index in [0.717, 1.165) is 5.56 Å². The number of aromatic nitrogens is 1. The summed E-state index contributed by atoms with van der Waals surface area (Å²) in [6.07, 6.45) is 2.65. The fourth-order valence-corrected chi connectivity index (χ4v) is 3.24. The van der Waals surface area contributed by atoms with Gasteiger partial charge in [0.1, 0.15) is 24.0 Å². The molecule has 32 heavy (non-hydrogen) atoms. The van der Waals surface area contributed by atoms with Gasteiger partial charge in [-0.2, -0.15) is 0 Å². The summed E-state index contributed by atoms with van der Waals surface area (Å²) in [6, 6.07) is 7.70. The summed E-state index contributed by atoms with van der Waals surface area (Å²) < 4.78 is 11.0. The van der Waals surface area contributed by atoms with Gasteiger partial charge in [-0.25, -0.2) is 4.79 Å². The van der Waals surface area contributed by atoms with E-state index in [-0.39, 0.29) is 18.4 Å². The lowest BCUT2D eigenvalue weighted by molar-refractivity contribution is -0.120. The molecule has 0 saturated carbocycles. The summed E-state index contributed by atoms with van der Waals surface area (Å²) in [4.78, 5) is 44.9. The standard InChI is InChI=1S/C23H28N4O5/c1-23(2,3)32-22(30)25-17-14-31-19-7-6-16(12-18(19)27(5)21(17)29)20(28)26(4)13-15-8-10-24-11-9-15/h6-12,17H,13-14H2,1-5H3,(H,25,30)/t17-/m0/s1. The second kappa shape index (κ2) is 9.25. The van der Waals surface area contributed by atoms with Gasteiger partial charge < -0.3 is 24.6 Å². The summed E-state index contributed by atoms with van der Waals surface area (Å²) in [5.41, 5.74) is 1.14. The maximum Gasteiger partial charge on any atom is 0.408 e. The largest absolute Gasteiger partial charge is 0.489 e. The number of benzene rings is 1. The minimum Gasteiger partial charge on any atom is -0.489 e. The van der Waals surface area contributed by atoms with E-state index >= 15 is 0 Å². The number of rotatable bonds is 4. The molecular weight excluding hydrogens is 412 g/mol. The molecule has 0 radical (unpaired) electrons. The smallest absolute Gasteiger partial charge is 0.408 e. The zero-order valence-electron chi connectivity index (χ0n) is 18.9. The van der Waals surface area contributed by atoms with Gasteiger partial charge >= 0.3 is 6.09 Å². The number of ether oxygens (including phenoxy) is 2. The quantitative estimate of drug-likeness (QED) is 0.784. The van der Waals surface area contributed by atoms with E-state index in [4.69, 9.17) is 9.47 Å². The number of hydrogen-bond donors (Lipinski definition) is 1. The third kappa shape index (κ3) is 5.54. The first-order valence-corrected chi connectivity index (χ1v) is 10.2. The number of pyridine rings is 1. The Labute approximate surface area is 187 Å². The maximum absolute atomic E-state index is 12.9. The van der Waals surface area contributed by atoms with E-state index in [9.17, 15) is 14.4 Å². The Kier molecular flexibility index (Phi) is 6.67. The topological polar surface area (TPSA) is 101 Å². The molecule has 2 aromatic rings. The first-order chi connectivity index (χ1) is 15.0. The van der Waals surface area contributed by atoms with Crippen LogP contribution in [0.4, 0.5) is 10.5 Å². The Morgan fingerprint density at radius 1 is 1.25 bits per heavy atom. The molecule has 0 fully saturated rings. The Morgan fingerprint density at radius 3 is 2.59 bits per heavy atom. The van der Waals surface area contributed by atoms with Crippen LogP contribution in [0.15, 0.2) is 42.7 Å². The number of carbonyl (C=O) groups is 3. The molecule has 1 aromatic heterocycles. The van der Waals surface area contributed by atoms with Gasteiger partial charge in [-0.05, 0) is 56.7 Å². The number of likely N-dealkylation sites (N-methyl/N-ethyl adjacent to an activating group) is 1. The van der Waals surface area contributed by atoms with Gasteiger partial charge in [0.15, 0.2) is 0 Å². The molecule has 3 rings (SSSR count). The molecule has 2 heterocycles.